The van der Waals surface area contributed by atoms with Gasteiger partial charge < -0.3 is 15.1 Å². The summed E-state index contributed by atoms with van der Waals surface area (Å²) >= 11 is 1.41. The lowest BCUT2D eigenvalue weighted by Gasteiger charge is -2.34. The summed E-state index contributed by atoms with van der Waals surface area (Å²) < 4.78 is 0. The first-order chi connectivity index (χ1) is 12.5. The fourth-order valence-electron chi connectivity index (χ4n) is 2.89. The van der Waals surface area contributed by atoms with Gasteiger partial charge in [0.1, 0.15) is 0 Å². The molecule has 1 aliphatic rings. The minimum absolute atomic E-state index is 0.00385. The minimum Gasteiger partial charge on any atom is -0.355 e. The summed E-state index contributed by atoms with van der Waals surface area (Å²) in [5.74, 6) is 0.00385. The van der Waals surface area contributed by atoms with Crippen molar-refractivity contribution in [2.24, 2.45) is 0 Å². The summed E-state index contributed by atoms with van der Waals surface area (Å²) in [6.45, 7) is 11.3. The summed E-state index contributed by atoms with van der Waals surface area (Å²) in [5, 5.41) is 13.4. The summed E-state index contributed by atoms with van der Waals surface area (Å²) in [6.07, 6.45) is 0.951. The SMILES string of the molecule is CCN1CCN(CCCNC(=O)C(C)Sc2ccc([N+](=O)[O-])cc2)CC1. The van der Waals surface area contributed by atoms with Crippen molar-refractivity contribution in [1.29, 1.82) is 0 Å². The molecule has 0 bridgehead atoms. The van der Waals surface area contributed by atoms with Crippen LogP contribution in [0.1, 0.15) is 20.3 Å². The number of carbonyl (C=O) groups is 1. The van der Waals surface area contributed by atoms with E-state index in [4.69, 9.17) is 0 Å². The summed E-state index contributed by atoms with van der Waals surface area (Å²) in [4.78, 5) is 28.2. The van der Waals surface area contributed by atoms with Gasteiger partial charge in [0, 0.05) is 49.8 Å². The number of hydrogen-bond acceptors (Lipinski definition) is 6. The van der Waals surface area contributed by atoms with Crippen LogP contribution < -0.4 is 5.32 Å². The number of nitrogens with zero attached hydrogens (tertiary/aromatic N) is 3. The van der Waals surface area contributed by atoms with E-state index in [1.807, 2.05) is 6.92 Å². The Labute approximate surface area is 159 Å². The molecule has 2 rings (SSSR count). The number of nitro groups is 1. The second-order valence-corrected chi connectivity index (χ2v) is 7.85. The first kappa shape index (κ1) is 20.7. The van der Waals surface area contributed by atoms with Crippen molar-refractivity contribution in [1.82, 2.24) is 15.1 Å². The molecule has 1 saturated heterocycles. The fraction of sp³-hybridized carbons (Fsp3) is 0.611. The number of piperazine rings is 1. The topological polar surface area (TPSA) is 78.7 Å². The molecule has 1 amide bonds. The molecule has 0 spiro atoms. The number of benzene rings is 1. The normalized spacial score (nSPS) is 17.0. The van der Waals surface area contributed by atoms with Gasteiger partial charge in [0.15, 0.2) is 0 Å². The molecule has 144 valence electrons. The van der Waals surface area contributed by atoms with Crippen molar-refractivity contribution in [2.75, 3.05) is 45.8 Å². The van der Waals surface area contributed by atoms with Crippen molar-refractivity contribution in [2.45, 2.75) is 30.4 Å². The van der Waals surface area contributed by atoms with Crippen molar-refractivity contribution >= 4 is 23.4 Å². The van der Waals surface area contributed by atoms with Crippen LogP contribution in [-0.2, 0) is 4.79 Å². The van der Waals surface area contributed by atoms with E-state index in [-0.39, 0.29) is 16.8 Å². The van der Waals surface area contributed by atoms with Crippen LogP contribution in [-0.4, -0.2) is 71.7 Å². The molecule has 8 heteroatoms. The molecule has 1 heterocycles. The van der Waals surface area contributed by atoms with Crippen LogP contribution in [0.4, 0.5) is 5.69 Å². The highest BCUT2D eigenvalue weighted by Gasteiger charge is 2.16. The maximum absolute atomic E-state index is 12.2. The number of hydrogen-bond donors (Lipinski definition) is 1. The monoisotopic (exact) mass is 380 g/mol. The first-order valence-electron chi connectivity index (χ1n) is 9.13. The molecule has 1 aromatic carbocycles. The third kappa shape index (κ3) is 6.59. The standard InChI is InChI=1S/C18H28N4O3S/c1-3-20-11-13-21(14-12-20)10-4-9-19-18(23)15(2)26-17-7-5-16(6-8-17)22(24)25/h5-8,15H,3-4,9-14H2,1-2H3,(H,19,23). The van der Waals surface area contributed by atoms with E-state index in [1.165, 1.54) is 23.9 Å². The molecule has 1 atom stereocenters. The third-order valence-corrected chi connectivity index (χ3v) is 5.70. The Morgan fingerprint density at radius 2 is 1.85 bits per heavy atom. The minimum atomic E-state index is -0.424. The second kappa shape index (κ2) is 10.5. The number of thioether (sulfide) groups is 1. The van der Waals surface area contributed by atoms with Crippen molar-refractivity contribution in [3.05, 3.63) is 34.4 Å². The van der Waals surface area contributed by atoms with E-state index >= 15 is 0 Å². The molecule has 1 unspecified atom stereocenters. The highest BCUT2D eigenvalue weighted by atomic mass is 32.2. The Balaban J connectivity index is 1.63. The molecule has 0 aromatic heterocycles. The Morgan fingerprint density at radius 3 is 2.42 bits per heavy atom. The Morgan fingerprint density at radius 1 is 1.23 bits per heavy atom. The lowest BCUT2D eigenvalue weighted by Crippen LogP contribution is -2.46. The molecular formula is C18H28N4O3S. The van der Waals surface area contributed by atoms with Gasteiger partial charge in [-0.1, -0.05) is 6.92 Å². The van der Waals surface area contributed by atoms with Crippen molar-refractivity contribution < 1.29 is 9.72 Å². The van der Waals surface area contributed by atoms with Crippen LogP contribution in [0.5, 0.6) is 0 Å². The average Bonchev–Trinajstić information content (AvgIpc) is 2.66. The molecule has 1 fully saturated rings. The van der Waals surface area contributed by atoms with Gasteiger partial charge >= 0.3 is 0 Å². The van der Waals surface area contributed by atoms with E-state index < -0.39 is 4.92 Å². The number of non-ortho nitro benzene ring substituents is 1. The Kier molecular flexibility index (Phi) is 8.34. The van der Waals surface area contributed by atoms with Gasteiger partial charge in [-0.2, -0.15) is 0 Å². The molecule has 0 saturated carbocycles. The molecule has 1 aromatic rings. The Hall–Kier alpha value is -1.64. The lowest BCUT2D eigenvalue weighted by atomic mass is 10.3. The molecule has 0 radical (unpaired) electrons. The van der Waals surface area contributed by atoms with Gasteiger partial charge in [-0.3, -0.25) is 14.9 Å². The molecule has 1 aliphatic heterocycles. The molecule has 26 heavy (non-hydrogen) atoms. The van der Waals surface area contributed by atoms with Gasteiger partial charge in [-0.25, -0.2) is 0 Å². The number of carbonyl (C=O) groups excluding carboxylic acids is 1. The first-order valence-corrected chi connectivity index (χ1v) is 10.0. The van der Waals surface area contributed by atoms with Crippen LogP contribution in [0, 0.1) is 10.1 Å². The van der Waals surface area contributed by atoms with Crippen LogP contribution >= 0.6 is 11.8 Å². The molecule has 1 N–H and O–H groups in total. The smallest absolute Gasteiger partial charge is 0.269 e. The molecule has 0 aliphatic carbocycles. The van der Waals surface area contributed by atoms with Gasteiger partial charge in [-0.15, -0.1) is 11.8 Å². The Bertz CT molecular complexity index is 589. The largest absolute Gasteiger partial charge is 0.355 e. The van der Waals surface area contributed by atoms with E-state index in [2.05, 4.69) is 22.0 Å². The zero-order valence-electron chi connectivity index (χ0n) is 15.5. The fourth-order valence-corrected chi connectivity index (χ4v) is 3.78. The zero-order chi connectivity index (χ0) is 18.9. The van der Waals surface area contributed by atoms with E-state index in [9.17, 15) is 14.9 Å². The van der Waals surface area contributed by atoms with Crippen molar-refractivity contribution in [3.8, 4) is 0 Å². The van der Waals surface area contributed by atoms with Crippen LogP contribution in [0.3, 0.4) is 0 Å². The van der Waals surface area contributed by atoms with Gasteiger partial charge in [0.25, 0.3) is 5.69 Å². The van der Waals surface area contributed by atoms with Crippen LogP contribution in [0.15, 0.2) is 29.2 Å². The van der Waals surface area contributed by atoms with Crippen molar-refractivity contribution in [3.63, 3.8) is 0 Å². The highest BCUT2D eigenvalue weighted by molar-refractivity contribution is 8.00. The van der Waals surface area contributed by atoms with E-state index in [0.717, 1.165) is 50.6 Å². The zero-order valence-corrected chi connectivity index (χ0v) is 16.3. The maximum Gasteiger partial charge on any atom is 0.269 e. The van der Waals surface area contributed by atoms with Gasteiger partial charge in [0.2, 0.25) is 5.91 Å². The van der Waals surface area contributed by atoms with E-state index in [1.54, 1.807) is 12.1 Å². The number of nitrogens with one attached hydrogen (secondary N) is 1. The summed E-state index contributed by atoms with van der Waals surface area (Å²) in [7, 11) is 0. The molecule has 7 nitrogen and oxygen atoms in total. The van der Waals surface area contributed by atoms with E-state index in [0.29, 0.717) is 6.54 Å². The highest BCUT2D eigenvalue weighted by Crippen LogP contribution is 2.25. The quantitative estimate of drug-likeness (QED) is 0.306. The second-order valence-electron chi connectivity index (χ2n) is 6.43. The predicted molar refractivity (Wildman–Crippen MR) is 105 cm³/mol. The molecular weight excluding hydrogens is 352 g/mol. The number of nitro benzene ring substituents is 1. The van der Waals surface area contributed by atoms with Gasteiger partial charge in [-0.05, 0) is 38.6 Å². The van der Waals surface area contributed by atoms with Gasteiger partial charge in [0.05, 0.1) is 10.2 Å². The maximum atomic E-state index is 12.2. The van der Waals surface area contributed by atoms with Crippen LogP contribution in [0.25, 0.3) is 0 Å². The number of amides is 1. The number of rotatable bonds is 9. The average molecular weight is 381 g/mol. The summed E-state index contributed by atoms with van der Waals surface area (Å²) in [6, 6.07) is 6.29. The predicted octanol–water partition coefficient (Wildman–Crippen LogP) is 2.22. The number of likely N-dealkylation sites (N-methyl/N-ethyl adjacent to an activating group) is 1. The summed E-state index contributed by atoms with van der Waals surface area (Å²) in [5.41, 5.74) is 0.0613. The lowest BCUT2D eigenvalue weighted by molar-refractivity contribution is -0.384. The van der Waals surface area contributed by atoms with Crippen LogP contribution in [0.2, 0.25) is 0 Å². The third-order valence-electron chi connectivity index (χ3n) is 4.59.